The minimum atomic E-state index is -4.51. The van der Waals surface area contributed by atoms with Gasteiger partial charge in [0.2, 0.25) is 0 Å². The van der Waals surface area contributed by atoms with E-state index in [0.29, 0.717) is 36.7 Å². The van der Waals surface area contributed by atoms with Crippen LogP contribution in [-0.4, -0.2) is 41.9 Å². The third kappa shape index (κ3) is 8.55. The smallest absolute Gasteiger partial charge is 0.368 e. The molecule has 2 aromatic carbocycles. The number of anilines is 1. The molecule has 0 spiro atoms. The van der Waals surface area contributed by atoms with E-state index in [1.54, 1.807) is 18.2 Å². The van der Waals surface area contributed by atoms with Crippen molar-refractivity contribution in [1.29, 1.82) is 5.26 Å². The number of amidine groups is 1. The first kappa shape index (κ1) is 31.5. The average molecular weight is 587 g/mol. The van der Waals surface area contributed by atoms with Crippen LogP contribution in [0.5, 0.6) is 0 Å². The van der Waals surface area contributed by atoms with Crippen molar-refractivity contribution in [3.63, 3.8) is 0 Å². The second kappa shape index (κ2) is 14.7. The van der Waals surface area contributed by atoms with E-state index in [0.717, 1.165) is 37.7 Å². The Kier molecular flexibility index (Phi) is 10.7. The Morgan fingerprint density at radius 1 is 1.12 bits per heavy atom. The molecular formula is C34H37F3N6. The highest BCUT2D eigenvalue weighted by atomic mass is 19.4. The molecule has 2 heterocycles. The maximum Gasteiger partial charge on any atom is 0.417 e. The van der Waals surface area contributed by atoms with Crippen molar-refractivity contribution in [2.45, 2.75) is 39.4 Å². The quantitative estimate of drug-likeness (QED) is 0.140. The molecule has 0 saturated carbocycles. The SMILES string of the molecule is C=C(NC(=NCCNc1ccc(C#N)cn1)C1=C(C(C)CC)CN(Cc2ccccc2)CC1)c1ccccc1C(F)(F)F. The van der Waals surface area contributed by atoms with Gasteiger partial charge in [0.15, 0.2) is 0 Å². The van der Waals surface area contributed by atoms with Crippen molar-refractivity contribution in [1.82, 2.24) is 15.2 Å². The molecule has 224 valence electrons. The number of halogens is 3. The minimum absolute atomic E-state index is 0.00480. The molecule has 43 heavy (non-hydrogen) atoms. The van der Waals surface area contributed by atoms with Crippen molar-refractivity contribution >= 4 is 17.4 Å². The number of rotatable bonds is 11. The molecule has 3 aromatic rings. The topological polar surface area (TPSA) is 76.3 Å². The third-order valence-corrected chi connectivity index (χ3v) is 7.61. The van der Waals surface area contributed by atoms with Crippen LogP contribution >= 0.6 is 0 Å². The Balaban J connectivity index is 1.62. The van der Waals surface area contributed by atoms with Gasteiger partial charge in [-0.05, 0) is 53.7 Å². The first-order valence-corrected chi connectivity index (χ1v) is 14.4. The summed E-state index contributed by atoms with van der Waals surface area (Å²) in [6.07, 6.45) is -1.39. The van der Waals surface area contributed by atoms with Gasteiger partial charge in [0.1, 0.15) is 17.7 Å². The van der Waals surface area contributed by atoms with Gasteiger partial charge < -0.3 is 10.6 Å². The predicted molar refractivity (Wildman–Crippen MR) is 166 cm³/mol. The number of hydrogen-bond donors (Lipinski definition) is 2. The molecule has 6 nitrogen and oxygen atoms in total. The number of nitriles is 1. The monoisotopic (exact) mass is 586 g/mol. The number of aromatic nitrogens is 1. The standard InChI is InChI=1S/C34H37F3N6/c1-4-24(2)30-23-43(22-26-10-6-5-7-11-26)19-16-29(30)33(40-18-17-39-32-15-14-27(20-38)21-41-32)42-25(3)28-12-8-9-13-31(28)34(35,36)37/h5-15,21,24H,3-4,16-19,22-23H2,1-2H3,(H,39,41)(H,40,42). The van der Waals surface area contributed by atoms with Crippen molar-refractivity contribution in [2.75, 3.05) is 31.5 Å². The number of hydrogen-bond acceptors (Lipinski definition) is 5. The second-order valence-electron chi connectivity index (χ2n) is 10.6. The van der Waals surface area contributed by atoms with Gasteiger partial charge in [0, 0.05) is 43.6 Å². The van der Waals surface area contributed by atoms with Gasteiger partial charge >= 0.3 is 6.18 Å². The predicted octanol–water partition coefficient (Wildman–Crippen LogP) is 7.29. The zero-order valence-electron chi connectivity index (χ0n) is 24.6. The molecule has 0 bridgehead atoms. The Morgan fingerprint density at radius 2 is 1.86 bits per heavy atom. The molecule has 0 radical (unpaired) electrons. The van der Waals surface area contributed by atoms with Gasteiger partial charge in [-0.15, -0.1) is 0 Å². The summed E-state index contributed by atoms with van der Waals surface area (Å²) in [4.78, 5) is 11.5. The van der Waals surface area contributed by atoms with Crippen LogP contribution in [0.4, 0.5) is 19.0 Å². The molecule has 4 rings (SSSR count). The van der Waals surface area contributed by atoms with Crippen LogP contribution in [-0.2, 0) is 12.7 Å². The first-order chi connectivity index (χ1) is 20.7. The Bertz CT molecular complexity index is 1490. The lowest BCUT2D eigenvalue weighted by molar-refractivity contribution is -0.137. The lowest BCUT2D eigenvalue weighted by Gasteiger charge is -2.34. The number of nitrogens with zero attached hydrogens (tertiary/aromatic N) is 4. The normalized spacial score (nSPS) is 15.1. The van der Waals surface area contributed by atoms with Gasteiger partial charge in [-0.1, -0.05) is 69.0 Å². The van der Waals surface area contributed by atoms with Crippen LogP contribution in [0, 0.1) is 17.2 Å². The van der Waals surface area contributed by atoms with E-state index >= 15 is 0 Å². The van der Waals surface area contributed by atoms with Crippen molar-refractivity contribution < 1.29 is 13.2 Å². The molecule has 0 saturated heterocycles. The third-order valence-electron chi connectivity index (χ3n) is 7.61. The fraction of sp³-hybridized carbons (Fsp3) is 0.324. The summed E-state index contributed by atoms with van der Waals surface area (Å²) >= 11 is 0. The highest BCUT2D eigenvalue weighted by Crippen LogP contribution is 2.34. The maximum atomic E-state index is 13.8. The van der Waals surface area contributed by atoms with E-state index in [-0.39, 0.29) is 17.2 Å². The van der Waals surface area contributed by atoms with Crippen molar-refractivity contribution in [3.05, 3.63) is 113 Å². The van der Waals surface area contributed by atoms with Gasteiger partial charge in [0.25, 0.3) is 0 Å². The molecule has 0 fully saturated rings. The van der Waals surface area contributed by atoms with Crippen LogP contribution in [0.25, 0.3) is 5.70 Å². The van der Waals surface area contributed by atoms with E-state index in [1.165, 1.54) is 29.5 Å². The zero-order chi connectivity index (χ0) is 30.8. The van der Waals surface area contributed by atoms with Crippen molar-refractivity contribution in [3.8, 4) is 6.07 Å². The van der Waals surface area contributed by atoms with E-state index in [4.69, 9.17) is 10.3 Å². The summed E-state index contributed by atoms with van der Waals surface area (Å²) in [6, 6.07) is 21.2. The van der Waals surface area contributed by atoms with Crippen molar-refractivity contribution in [2.24, 2.45) is 10.9 Å². The number of benzene rings is 2. The molecule has 9 heteroatoms. The van der Waals surface area contributed by atoms with E-state index in [1.807, 2.05) is 24.3 Å². The van der Waals surface area contributed by atoms with E-state index < -0.39 is 11.7 Å². The molecule has 1 aromatic heterocycles. The molecule has 2 N–H and O–H groups in total. The summed E-state index contributed by atoms with van der Waals surface area (Å²) in [5, 5.41) is 15.4. The van der Waals surface area contributed by atoms with E-state index in [2.05, 4.69) is 53.1 Å². The lowest BCUT2D eigenvalue weighted by Crippen LogP contribution is -2.37. The Morgan fingerprint density at radius 3 is 2.53 bits per heavy atom. The van der Waals surface area contributed by atoms with Crippen LogP contribution in [0.2, 0.25) is 0 Å². The summed E-state index contributed by atoms with van der Waals surface area (Å²) in [5.74, 6) is 1.42. The summed E-state index contributed by atoms with van der Waals surface area (Å²) in [5.41, 5.74) is 3.37. The molecule has 1 unspecified atom stereocenters. The number of nitrogens with one attached hydrogen (secondary N) is 2. The molecule has 0 amide bonds. The highest BCUT2D eigenvalue weighted by molar-refractivity contribution is 6.04. The number of aliphatic imine (C=N–C) groups is 1. The lowest BCUT2D eigenvalue weighted by atomic mass is 9.88. The maximum absolute atomic E-state index is 13.8. The second-order valence-corrected chi connectivity index (χ2v) is 10.6. The van der Waals surface area contributed by atoms with Crippen LogP contribution in [0.3, 0.4) is 0 Å². The summed E-state index contributed by atoms with van der Waals surface area (Å²) < 4.78 is 41.5. The molecule has 1 aliphatic rings. The summed E-state index contributed by atoms with van der Waals surface area (Å²) in [6.45, 7) is 11.5. The van der Waals surface area contributed by atoms with Gasteiger partial charge in [0.05, 0.1) is 17.7 Å². The Hall–Kier alpha value is -4.42. The largest absolute Gasteiger partial charge is 0.417 e. The molecule has 1 aliphatic heterocycles. The van der Waals surface area contributed by atoms with Gasteiger partial charge in [-0.25, -0.2) is 4.98 Å². The number of pyridine rings is 1. The highest BCUT2D eigenvalue weighted by Gasteiger charge is 2.34. The zero-order valence-corrected chi connectivity index (χ0v) is 24.6. The molecular weight excluding hydrogens is 549 g/mol. The first-order valence-electron chi connectivity index (χ1n) is 14.4. The minimum Gasteiger partial charge on any atom is -0.368 e. The fourth-order valence-electron chi connectivity index (χ4n) is 5.12. The van der Waals surface area contributed by atoms with Gasteiger partial charge in [-0.3, -0.25) is 9.89 Å². The van der Waals surface area contributed by atoms with Gasteiger partial charge in [-0.2, -0.15) is 18.4 Å². The fourth-order valence-corrected chi connectivity index (χ4v) is 5.12. The average Bonchev–Trinajstić information content (AvgIpc) is 3.02. The molecule has 1 atom stereocenters. The van der Waals surface area contributed by atoms with Crippen LogP contribution in [0.1, 0.15) is 48.9 Å². The molecule has 0 aliphatic carbocycles. The number of alkyl halides is 3. The summed E-state index contributed by atoms with van der Waals surface area (Å²) in [7, 11) is 0. The Labute approximate surface area is 251 Å². The van der Waals surface area contributed by atoms with Crippen LogP contribution in [0.15, 0.2) is 95.6 Å². The van der Waals surface area contributed by atoms with Crippen LogP contribution < -0.4 is 10.6 Å². The van der Waals surface area contributed by atoms with E-state index in [9.17, 15) is 13.2 Å².